The molecule has 1 aliphatic rings. The molecule has 0 bridgehead atoms. The molecule has 0 aliphatic heterocycles. The van der Waals surface area contributed by atoms with Crippen molar-refractivity contribution in [3.8, 4) is 11.8 Å². The van der Waals surface area contributed by atoms with Gasteiger partial charge in [0.15, 0.2) is 0 Å². The minimum absolute atomic E-state index is 0.617. The van der Waals surface area contributed by atoms with E-state index < -0.39 is 0 Å². The molecule has 3 heteroatoms. The number of ether oxygens (including phenoxy) is 1. The lowest BCUT2D eigenvalue weighted by Gasteiger charge is -2.20. The summed E-state index contributed by atoms with van der Waals surface area (Å²) in [6.07, 6.45) is 6.62. The molecule has 0 aromatic heterocycles. The zero-order valence-corrected chi connectivity index (χ0v) is 12.3. The minimum Gasteiger partial charge on any atom is -0.492 e. The first-order valence-electron chi connectivity index (χ1n) is 7.60. The Bertz CT molecular complexity index is 447. The molecular formula is C17H24N2O. The van der Waals surface area contributed by atoms with E-state index in [1.165, 1.54) is 32.2 Å². The Morgan fingerprint density at radius 1 is 1.30 bits per heavy atom. The quantitative estimate of drug-likeness (QED) is 0.713. The number of hydrogen-bond acceptors (Lipinski definition) is 3. The van der Waals surface area contributed by atoms with Gasteiger partial charge in [0.2, 0.25) is 0 Å². The van der Waals surface area contributed by atoms with E-state index in [1.54, 1.807) is 6.07 Å². The van der Waals surface area contributed by atoms with E-state index in [0.29, 0.717) is 17.9 Å². The number of benzene rings is 1. The summed E-state index contributed by atoms with van der Waals surface area (Å²) in [6.45, 7) is 2.95. The third-order valence-corrected chi connectivity index (χ3v) is 3.99. The van der Waals surface area contributed by atoms with E-state index in [4.69, 9.17) is 10.00 Å². The largest absolute Gasteiger partial charge is 0.492 e. The monoisotopic (exact) mass is 272 g/mol. The van der Waals surface area contributed by atoms with E-state index in [1.807, 2.05) is 18.2 Å². The van der Waals surface area contributed by atoms with Crippen LogP contribution < -0.4 is 4.74 Å². The summed E-state index contributed by atoms with van der Waals surface area (Å²) in [4.78, 5) is 2.41. The third kappa shape index (κ3) is 4.54. The van der Waals surface area contributed by atoms with Gasteiger partial charge in [-0.3, -0.25) is 0 Å². The van der Waals surface area contributed by atoms with Crippen LogP contribution in [0.2, 0.25) is 0 Å². The second kappa shape index (κ2) is 7.91. The molecule has 0 radical (unpaired) electrons. The van der Waals surface area contributed by atoms with Gasteiger partial charge in [-0.1, -0.05) is 25.0 Å². The SMILES string of the molecule is CN(CCCOc1ccccc1C#N)CC1CCCC1. The summed E-state index contributed by atoms with van der Waals surface area (Å²) < 4.78 is 5.70. The van der Waals surface area contributed by atoms with Gasteiger partial charge in [0.05, 0.1) is 12.2 Å². The molecule has 20 heavy (non-hydrogen) atoms. The molecule has 1 aromatic carbocycles. The number of nitriles is 1. The Kier molecular flexibility index (Phi) is 5.88. The Labute approximate surface area is 122 Å². The molecule has 1 aromatic rings. The number of rotatable bonds is 7. The lowest BCUT2D eigenvalue weighted by molar-refractivity contribution is 0.239. The van der Waals surface area contributed by atoms with Crippen molar-refractivity contribution in [1.82, 2.24) is 4.90 Å². The van der Waals surface area contributed by atoms with Crippen LogP contribution in [0.1, 0.15) is 37.7 Å². The van der Waals surface area contributed by atoms with Crippen molar-refractivity contribution >= 4 is 0 Å². The summed E-state index contributed by atoms with van der Waals surface area (Å²) in [5.41, 5.74) is 0.617. The standard InChI is InChI=1S/C17H24N2O/c1-19(14-15-7-2-3-8-15)11-6-12-20-17-10-5-4-9-16(17)13-18/h4-5,9-10,15H,2-3,6-8,11-12,14H2,1H3. The highest BCUT2D eigenvalue weighted by Gasteiger charge is 2.16. The van der Waals surface area contributed by atoms with Crippen LogP contribution in [-0.2, 0) is 0 Å². The van der Waals surface area contributed by atoms with Crippen LogP contribution in [0, 0.1) is 17.2 Å². The molecule has 108 valence electrons. The molecule has 1 aliphatic carbocycles. The van der Waals surface area contributed by atoms with E-state index in [-0.39, 0.29) is 0 Å². The average molecular weight is 272 g/mol. The minimum atomic E-state index is 0.617. The highest BCUT2D eigenvalue weighted by atomic mass is 16.5. The molecule has 1 fully saturated rings. The highest BCUT2D eigenvalue weighted by molar-refractivity contribution is 5.42. The molecule has 0 N–H and O–H groups in total. The number of hydrogen-bond donors (Lipinski definition) is 0. The predicted octanol–water partition coefficient (Wildman–Crippen LogP) is 3.45. The van der Waals surface area contributed by atoms with Crippen molar-refractivity contribution in [3.05, 3.63) is 29.8 Å². The van der Waals surface area contributed by atoms with Crippen LogP contribution in [0.5, 0.6) is 5.75 Å². The molecule has 0 atom stereocenters. The van der Waals surface area contributed by atoms with Gasteiger partial charge >= 0.3 is 0 Å². The lowest BCUT2D eigenvalue weighted by Crippen LogP contribution is -2.26. The molecule has 3 nitrogen and oxygen atoms in total. The van der Waals surface area contributed by atoms with Crippen LogP contribution in [0.4, 0.5) is 0 Å². The summed E-state index contributed by atoms with van der Waals surface area (Å²) in [5.74, 6) is 1.61. The van der Waals surface area contributed by atoms with Crippen LogP contribution in [-0.4, -0.2) is 31.6 Å². The van der Waals surface area contributed by atoms with Crippen molar-refractivity contribution < 1.29 is 4.74 Å². The van der Waals surface area contributed by atoms with Gasteiger partial charge in [0.1, 0.15) is 11.8 Å². The second-order valence-corrected chi connectivity index (χ2v) is 5.72. The van der Waals surface area contributed by atoms with Crippen molar-refractivity contribution in [3.63, 3.8) is 0 Å². The maximum absolute atomic E-state index is 8.98. The zero-order valence-electron chi connectivity index (χ0n) is 12.3. The Morgan fingerprint density at radius 3 is 2.80 bits per heavy atom. The van der Waals surface area contributed by atoms with Crippen molar-refractivity contribution in [2.45, 2.75) is 32.1 Å². The molecule has 0 amide bonds. The van der Waals surface area contributed by atoms with Gasteiger partial charge in [0, 0.05) is 13.1 Å². The zero-order chi connectivity index (χ0) is 14.2. The molecule has 0 unspecified atom stereocenters. The first-order chi connectivity index (χ1) is 9.79. The number of para-hydroxylation sites is 1. The fourth-order valence-corrected chi connectivity index (χ4v) is 2.93. The maximum atomic E-state index is 8.98. The van der Waals surface area contributed by atoms with Crippen LogP contribution in [0.25, 0.3) is 0 Å². The van der Waals surface area contributed by atoms with Crippen molar-refractivity contribution in [2.75, 3.05) is 26.7 Å². The first-order valence-corrected chi connectivity index (χ1v) is 7.60. The molecule has 1 saturated carbocycles. The molecule has 0 saturated heterocycles. The van der Waals surface area contributed by atoms with E-state index in [9.17, 15) is 0 Å². The molecule has 0 heterocycles. The average Bonchev–Trinajstić information content (AvgIpc) is 2.97. The van der Waals surface area contributed by atoms with Crippen LogP contribution in [0.15, 0.2) is 24.3 Å². The Hall–Kier alpha value is -1.53. The lowest BCUT2D eigenvalue weighted by atomic mass is 10.1. The fraction of sp³-hybridized carbons (Fsp3) is 0.588. The van der Waals surface area contributed by atoms with Crippen molar-refractivity contribution in [2.24, 2.45) is 5.92 Å². The van der Waals surface area contributed by atoms with Crippen LogP contribution >= 0.6 is 0 Å². The number of nitrogens with zero attached hydrogens (tertiary/aromatic N) is 2. The highest BCUT2D eigenvalue weighted by Crippen LogP contribution is 2.25. The van der Waals surface area contributed by atoms with E-state index in [0.717, 1.165) is 18.9 Å². The summed E-state index contributed by atoms with van der Waals surface area (Å²) in [5, 5.41) is 8.98. The second-order valence-electron chi connectivity index (χ2n) is 5.72. The first kappa shape index (κ1) is 14.9. The summed E-state index contributed by atoms with van der Waals surface area (Å²) in [7, 11) is 2.20. The smallest absolute Gasteiger partial charge is 0.137 e. The van der Waals surface area contributed by atoms with Gasteiger partial charge in [-0.2, -0.15) is 5.26 Å². The molecule has 0 spiro atoms. The van der Waals surface area contributed by atoms with Gasteiger partial charge in [-0.05, 0) is 44.4 Å². The van der Waals surface area contributed by atoms with Gasteiger partial charge < -0.3 is 9.64 Å². The van der Waals surface area contributed by atoms with Gasteiger partial charge in [-0.25, -0.2) is 0 Å². The van der Waals surface area contributed by atoms with E-state index >= 15 is 0 Å². The normalized spacial score (nSPS) is 15.4. The van der Waals surface area contributed by atoms with Gasteiger partial charge in [0.25, 0.3) is 0 Å². The summed E-state index contributed by atoms with van der Waals surface area (Å²) >= 11 is 0. The third-order valence-electron chi connectivity index (χ3n) is 3.99. The van der Waals surface area contributed by atoms with E-state index in [2.05, 4.69) is 18.0 Å². The summed E-state index contributed by atoms with van der Waals surface area (Å²) in [6, 6.07) is 9.58. The molecule has 2 rings (SSSR count). The van der Waals surface area contributed by atoms with Crippen LogP contribution in [0.3, 0.4) is 0 Å². The molecular weight excluding hydrogens is 248 g/mol. The maximum Gasteiger partial charge on any atom is 0.137 e. The predicted molar refractivity (Wildman–Crippen MR) is 80.7 cm³/mol. The van der Waals surface area contributed by atoms with Crippen molar-refractivity contribution in [1.29, 1.82) is 5.26 Å². The topological polar surface area (TPSA) is 36.3 Å². The fourth-order valence-electron chi connectivity index (χ4n) is 2.93. The Morgan fingerprint density at radius 2 is 2.05 bits per heavy atom. The Balaban J connectivity index is 1.64. The van der Waals surface area contributed by atoms with Gasteiger partial charge in [-0.15, -0.1) is 0 Å².